The van der Waals surface area contributed by atoms with E-state index in [-0.39, 0.29) is 36.2 Å². The van der Waals surface area contributed by atoms with Gasteiger partial charge in [-0.2, -0.15) is 0 Å². The van der Waals surface area contributed by atoms with Crippen molar-refractivity contribution in [1.82, 2.24) is 14.7 Å². The zero-order valence-electron chi connectivity index (χ0n) is 25.3. The van der Waals surface area contributed by atoms with Gasteiger partial charge in [-0.05, 0) is 58.1 Å². The van der Waals surface area contributed by atoms with Crippen LogP contribution in [-0.4, -0.2) is 35.3 Å². The van der Waals surface area contributed by atoms with Gasteiger partial charge in [-0.15, -0.1) is 0 Å². The summed E-state index contributed by atoms with van der Waals surface area (Å²) in [5, 5.41) is 10.2. The maximum Gasteiger partial charge on any atom is 0.240 e. The van der Waals surface area contributed by atoms with Gasteiger partial charge in [-0.1, -0.05) is 97.5 Å². The molecule has 236 valence electrons. The third-order valence-electron chi connectivity index (χ3n) is 7.98. The first kappa shape index (κ1) is 32.1. The normalized spacial score (nSPS) is 20.0. The molecule has 4 aromatic carbocycles. The monoisotopic (exact) mass is 653 g/mol. The van der Waals surface area contributed by atoms with E-state index in [4.69, 9.17) is 9.47 Å². The molecule has 0 amide bonds. The van der Waals surface area contributed by atoms with E-state index in [1.807, 2.05) is 66.7 Å². The second kappa shape index (κ2) is 14.7. The van der Waals surface area contributed by atoms with Gasteiger partial charge in [0.05, 0.1) is 23.7 Å². The van der Waals surface area contributed by atoms with Crippen LogP contribution in [0.1, 0.15) is 41.6 Å². The molecule has 6 rings (SSSR count). The van der Waals surface area contributed by atoms with E-state index in [1.165, 1.54) is 0 Å². The third kappa shape index (κ3) is 7.72. The van der Waals surface area contributed by atoms with Crippen molar-refractivity contribution in [3.05, 3.63) is 144 Å². The highest BCUT2D eigenvalue weighted by atomic mass is 32.2. The molecule has 2 N–H and O–H groups in total. The minimum Gasteiger partial charge on any atom is -0.392 e. The Balaban J connectivity index is 1.23. The lowest BCUT2D eigenvalue weighted by atomic mass is 9.91. The van der Waals surface area contributed by atoms with Crippen molar-refractivity contribution in [1.29, 1.82) is 0 Å². The molecule has 5 aromatic rings. The molecule has 1 aromatic heterocycles. The summed E-state index contributed by atoms with van der Waals surface area (Å²) in [6, 6.07) is 33.9. The molecule has 0 unspecified atom stereocenters. The zero-order chi connectivity index (χ0) is 31.9. The molecule has 0 aliphatic carbocycles. The van der Waals surface area contributed by atoms with Crippen LogP contribution in [0.25, 0.3) is 11.1 Å². The fourth-order valence-electron chi connectivity index (χ4n) is 5.41. The van der Waals surface area contributed by atoms with Crippen molar-refractivity contribution in [3.8, 4) is 11.1 Å². The first-order valence-corrected chi connectivity index (χ1v) is 17.5. The third-order valence-corrected chi connectivity index (χ3v) is 10.4. The molecule has 0 bridgehead atoms. The van der Waals surface area contributed by atoms with Crippen LogP contribution in [0.3, 0.4) is 0 Å². The summed E-state index contributed by atoms with van der Waals surface area (Å²) in [5.41, 5.74) is 5.49. The van der Waals surface area contributed by atoms with Crippen LogP contribution in [-0.2, 0) is 32.6 Å². The van der Waals surface area contributed by atoms with Crippen LogP contribution in [0.5, 0.6) is 0 Å². The Bertz CT molecular complexity index is 1840. The van der Waals surface area contributed by atoms with Crippen molar-refractivity contribution in [2.75, 3.05) is 5.75 Å². The first-order valence-electron chi connectivity index (χ1n) is 15.0. The van der Waals surface area contributed by atoms with E-state index in [9.17, 15) is 13.5 Å². The maximum atomic E-state index is 12.8. The summed E-state index contributed by atoms with van der Waals surface area (Å²) in [4.78, 5) is 8.95. The van der Waals surface area contributed by atoms with Crippen molar-refractivity contribution in [2.45, 2.75) is 48.6 Å². The quantitative estimate of drug-likeness (QED) is 0.120. The fraction of sp³-hybridized carbons (Fsp3) is 0.222. The topological polar surface area (TPSA) is 111 Å². The Morgan fingerprint density at radius 3 is 2.24 bits per heavy atom. The molecule has 1 saturated heterocycles. The van der Waals surface area contributed by atoms with Crippen LogP contribution in [0.15, 0.2) is 132 Å². The van der Waals surface area contributed by atoms with Crippen LogP contribution in [0, 0.1) is 5.92 Å². The second-order valence-corrected chi connectivity index (χ2v) is 13.9. The van der Waals surface area contributed by atoms with E-state index < -0.39 is 16.3 Å². The van der Waals surface area contributed by atoms with Gasteiger partial charge in [0.15, 0.2) is 11.4 Å². The smallest absolute Gasteiger partial charge is 0.240 e. The number of hydrogen-bond donors (Lipinski definition) is 2. The molecule has 8 nitrogen and oxygen atoms in total. The molecule has 0 saturated carbocycles. The van der Waals surface area contributed by atoms with Gasteiger partial charge >= 0.3 is 0 Å². The van der Waals surface area contributed by atoms with E-state index in [1.54, 1.807) is 60.6 Å². The van der Waals surface area contributed by atoms with Crippen LogP contribution < -0.4 is 4.72 Å². The van der Waals surface area contributed by atoms with E-state index in [0.717, 1.165) is 33.4 Å². The predicted octanol–water partition coefficient (Wildman–Crippen LogP) is 6.70. The number of aromatic nitrogens is 2. The number of ether oxygens (including phenoxy) is 2. The molecule has 10 heteroatoms. The minimum atomic E-state index is -3.63. The van der Waals surface area contributed by atoms with Crippen molar-refractivity contribution >= 4 is 21.8 Å². The summed E-state index contributed by atoms with van der Waals surface area (Å²) >= 11 is 1.55. The average Bonchev–Trinajstić information content (AvgIpc) is 3.11. The van der Waals surface area contributed by atoms with Gasteiger partial charge in [-0.25, -0.2) is 23.1 Å². The molecule has 0 radical (unpaired) electrons. The highest BCUT2D eigenvalue weighted by Crippen LogP contribution is 2.43. The van der Waals surface area contributed by atoms with Gasteiger partial charge < -0.3 is 14.6 Å². The summed E-state index contributed by atoms with van der Waals surface area (Å²) in [5.74, 6) is 0.684. The van der Waals surface area contributed by atoms with Gasteiger partial charge in [0.1, 0.15) is 0 Å². The standard InChI is InChI=1S/C36H35N3O5S2/c1-25-33(24-45-36-37-18-7-19-38-36)43-35(44-34(25)28-16-14-26(23-40)15-17-28)31-11-6-10-30(21-31)29-9-5-8-27(20-29)22-39-46(41,42)32-12-3-2-4-13-32/h2-21,25,33-35,39-40H,22-24H2,1H3/t25-,33+,34+,35+/m1/s1. The Morgan fingerprint density at radius 2 is 1.50 bits per heavy atom. The molecule has 46 heavy (non-hydrogen) atoms. The van der Waals surface area contributed by atoms with Gasteiger partial charge in [0, 0.05) is 36.2 Å². The summed E-state index contributed by atoms with van der Waals surface area (Å²) in [7, 11) is -3.63. The number of aliphatic hydroxyl groups is 1. The number of aliphatic hydroxyl groups excluding tert-OH is 1. The van der Waals surface area contributed by atoms with E-state index in [0.29, 0.717) is 10.9 Å². The molecule has 2 heterocycles. The largest absolute Gasteiger partial charge is 0.392 e. The number of nitrogens with one attached hydrogen (secondary N) is 1. The average molecular weight is 654 g/mol. The first-order chi connectivity index (χ1) is 22.4. The lowest BCUT2D eigenvalue weighted by Crippen LogP contribution is -2.38. The Morgan fingerprint density at radius 1 is 0.783 bits per heavy atom. The number of rotatable bonds is 11. The zero-order valence-corrected chi connectivity index (χ0v) is 26.9. The van der Waals surface area contributed by atoms with Gasteiger partial charge in [0.2, 0.25) is 10.0 Å². The van der Waals surface area contributed by atoms with Crippen molar-refractivity contribution in [2.24, 2.45) is 5.92 Å². The highest BCUT2D eigenvalue weighted by Gasteiger charge is 2.38. The molecule has 1 aliphatic heterocycles. The fourth-order valence-corrected chi connectivity index (χ4v) is 7.42. The Hall–Kier alpha value is -3.90. The maximum absolute atomic E-state index is 12.8. The molecule has 1 fully saturated rings. The molecule has 0 spiro atoms. The highest BCUT2D eigenvalue weighted by molar-refractivity contribution is 7.99. The lowest BCUT2D eigenvalue weighted by Gasteiger charge is -2.41. The summed E-state index contributed by atoms with van der Waals surface area (Å²) < 4.78 is 41.5. The van der Waals surface area contributed by atoms with E-state index in [2.05, 4.69) is 27.7 Å². The Kier molecular flexibility index (Phi) is 10.2. The second-order valence-electron chi connectivity index (χ2n) is 11.1. The van der Waals surface area contributed by atoms with Crippen LogP contribution in [0.4, 0.5) is 0 Å². The number of thioether (sulfide) groups is 1. The van der Waals surface area contributed by atoms with Crippen LogP contribution >= 0.6 is 11.8 Å². The predicted molar refractivity (Wildman–Crippen MR) is 178 cm³/mol. The molecule has 1 aliphatic rings. The summed E-state index contributed by atoms with van der Waals surface area (Å²) in [6.07, 6.45) is 2.45. The number of benzene rings is 4. The van der Waals surface area contributed by atoms with Gasteiger partial charge in [0.25, 0.3) is 0 Å². The molecule has 4 atom stereocenters. The lowest BCUT2D eigenvalue weighted by molar-refractivity contribution is -0.268. The molecular formula is C36H35N3O5S2. The summed E-state index contributed by atoms with van der Waals surface area (Å²) in [6.45, 7) is 2.28. The van der Waals surface area contributed by atoms with Crippen molar-refractivity contribution < 1.29 is 23.0 Å². The van der Waals surface area contributed by atoms with Crippen LogP contribution in [0.2, 0.25) is 0 Å². The molecular weight excluding hydrogens is 619 g/mol. The minimum absolute atomic E-state index is 0.0175. The number of sulfonamides is 1. The SMILES string of the molecule is C[C@@H]1[C@H](CSc2ncccn2)O[C@H](c2cccc(-c3cccc(CNS(=O)(=O)c4ccccc4)c3)c2)O[C@@H]1c1ccc(CO)cc1. The number of nitrogens with zero attached hydrogens (tertiary/aromatic N) is 2. The van der Waals surface area contributed by atoms with E-state index >= 15 is 0 Å². The number of hydrogen-bond acceptors (Lipinski definition) is 8. The van der Waals surface area contributed by atoms with Gasteiger partial charge in [-0.3, -0.25) is 0 Å². The Labute approximate surface area is 273 Å². The van der Waals surface area contributed by atoms with Crippen molar-refractivity contribution in [3.63, 3.8) is 0 Å².